The number of hydrogen-bond acceptors (Lipinski definition) is 4. The molecule has 5 heteroatoms. The molecule has 3 unspecified atom stereocenters. The molecule has 3 atom stereocenters. The monoisotopic (exact) mass is 225 g/mol. The van der Waals surface area contributed by atoms with Gasteiger partial charge in [0, 0.05) is 31.4 Å². The third-order valence-electron chi connectivity index (χ3n) is 3.16. The van der Waals surface area contributed by atoms with E-state index in [4.69, 9.17) is 16.3 Å². The van der Waals surface area contributed by atoms with Gasteiger partial charge < -0.3 is 4.74 Å². The van der Waals surface area contributed by atoms with Gasteiger partial charge in [0.1, 0.15) is 6.10 Å². The molecule has 1 aromatic heterocycles. The molecule has 15 heavy (non-hydrogen) atoms. The Morgan fingerprint density at radius 2 is 2.20 bits per heavy atom. The molecule has 2 fully saturated rings. The predicted octanol–water partition coefficient (Wildman–Crippen LogP) is 1.21. The van der Waals surface area contributed by atoms with Gasteiger partial charge in [0.05, 0.1) is 0 Å². The smallest absolute Gasteiger partial charge is 0.252 e. The molecule has 80 valence electrons. The van der Waals surface area contributed by atoms with Gasteiger partial charge in [0.2, 0.25) is 0 Å². The molecule has 0 saturated carbocycles. The first-order valence-electron chi connectivity index (χ1n) is 5.18. The molecule has 2 bridgehead atoms. The fraction of sp³-hybridized carbons (Fsp3) is 0.600. The Balaban J connectivity index is 1.73. The zero-order valence-electron chi connectivity index (χ0n) is 8.27. The molecule has 0 amide bonds. The molecule has 4 nitrogen and oxygen atoms in total. The van der Waals surface area contributed by atoms with E-state index in [0.29, 0.717) is 17.0 Å². The average molecular weight is 226 g/mol. The summed E-state index contributed by atoms with van der Waals surface area (Å²) >= 11 is 5.89. The Bertz CT molecular complexity index is 373. The Morgan fingerprint density at radius 3 is 2.87 bits per heavy atom. The summed E-state index contributed by atoms with van der Waals surface area (Å²) in [6.07, 6.45) is 4.64. The summed E-state index contributed by atoms with van der Waals surface area (Å²) in [5.74, 6) is 1.11. The van der Waals surface area contributed by atoms with Crippen molar-refractivity contribution < 1.29 is 4.74 Å². The molecule has 3 heterocycles. The van der Waals surface area contributed by atoms with Gasteiger partial charge in [-0.05, 0) is 13.0 Å². The van der Waals surface area contributed by atoms with Crippen molar-refractivity contribution in [1.82, 2.24) is 14.9 Å². The summed E-state index contributed by atoms with van der Waals surface area (Å²) in [4.78, 5) is 10.5. The molecule has 0 radical (unpaired) electrons. The van der Waals surface area contributed by atoms with Crippen LogP contribution in [0.15, 0.2) is 12.4 Å². The lowest BCUT2D eigenvalue weighted by Crippen LogP contribution is -2.32. The van der Waals surface area contributed by atoms with Gasteiger partial charge >= 0.3 is 0 Å². The molecule has 2 saturated heterocycles. The average Bonchev–Trinajstić information content (AvgIpc) is 2.83. The highest BCUT2D eigenvalue weighted by molar-refractivity contribution is 6.30. The van der Waals surface area contributed by atoms with Crippen LogP contribution in [0.25, 0.3) is 0 Å². The quantitative estimate of drug-likeness (QED) is 0.759. The number of nitrogens with zero attached hydrogens (tertiary/aromatic N) is 3. The maximum Gasteiger partial charge on any atom is 0.252 e. The van der Waals surface area contributed by atoms with Crippen LogP contribution in [0.4, 0.5) is 0 Å². The summed E-state index contributed by atoms with van der Waals surface area (Å²) < 4.78 is 5.79. The molecular weight excluding hydrogens is 214 g/mol. The molecule has 2 aliphatic rings. The zero-order valence-corrected chi connectivity index (χ0v) is 9.02. The molecule has 2 aliphatic heterocycles. The topological polar surface area (TPSA) is 38.3 Å². The highest BCUT2D eigenvalue weighted by Crippen LogP contribution is 2.31. The fourth-order valence-electron chi connectivity index (χ4n) is 2.40. The largest absolute Gasteiger partial charge is 0.470 e. The SMILES string of the molecule is Clc1nccnc1OC1CN2CCC1C2. The normalized spacial score (nSPS) is 33.3. The molecule has 0 N–H and O–H groups in total. The Morgan fingerprint density at radius 1 is 1.33 bits per heavy atom. The predicted molar refractivity (Wildman–Crippen MR) is 56.0 cm³/mol. The minimum absolute atomic E-state index is 0.243. The van der Waals surface area contributed by atoms with Crippen LogP contribution in [0.1, 0.15) is 6.42 Å². The lowest BCUT2D eigenvalue weighted by atomic mass is 10.0. The van der Waals surface area contributed by atoms with Gasteiger partial charge in [0.25, 0.3) is 5.88 Å². The number of ether oxygens (including phenoxy) is 1. The van der Waals surface area contributed by atoms with Crippen molar-refractivity contribution in [3.63, 3.8) is 0 Å². The van der Waals surface area contributed by atoms with Crippen molar-refractivity contribution in [3.8, 4) is 5.88 Å². The maximum atomic E-state index is 5.89. The van der Waals surface area contributed by atoms with E-state index in [-0.39, 0.29) is 6.10 Å². The molecule has 3 rings (SSSR count). The van der Waals surface area contributed by atoms with Crippen LogP contribution >= 0.6 is 11.6 Å². The van der Waals surface area contributed by atoms with Crippen LogP contribution in [-0.4, -0.2) is 40.6 Å². The van der Waals surface area contributed by atoms with Crippen molar-refractivity contribution >= 4 is 11.6 Å². The minimum atomic E-state index is 0.243. The summed E-state index contributed by atoms with van der Waals surface area (Å²) in [6.45, 7) is 3.36. The highest BCUT2D eigenvalue weighted by atomic mass is 35.5. The van der Waals surface area contributed by atoms with E-state index in [1.807, 2.05) is 0 Å². The Labute approximate surface area is 93.2 Å². The summed E-state index contributed by atoms with van der Waals surface area (Å²) in [7, 11) is 0. The van der Waals surface area contributed by atoms with E-state index in [9.17, 15) is 0 Å². The number of fused-ring (bicyclic) bond motifs is 2. The summed E-state index contributed by atoms with van der Waals surface area (Å²) in [5, 5.41) is 0.357. The van der Waals surface area contributed by atoms with Crippen molar-refractivity contribution in [1.29, 1.82) is 0 Å². The van der Waals surface area contributed by atoms with Crippen molar-refractivity contribution in [3.05, 3.63) is 17.5 Å². The van der Waals surface area contributed by atoms with Crippen molar-refractivity contribution in [2.24, 2.45) is 5.92 Å². The van der Waals surface area contributed by atoms with E-state index in [0.717, 1.165) is 13.1 Å². The van der Waals surface area contributed by atoms with Crippen LogP contribution < -0.4 is 4.74 Å². The first-order chi connectivity index (χ1) is 7.33. The Kier molecular flexibility index (Phi) is 2.25. The van der Waals surface area contributed by atoms with Gasteiger partial charge in [-0.2, -0.15) is 0 Å². The second-order valence-corrected chi connectivity index (χ2v) is 4.47. The molecule has 0 aromatic carbocycles. The van der Waals surface area contributed by atoms with Gasteiger partial charge in [-0.25, -0.2) is 9.97 Å². The number of halogens is 1. The van der Waals surface area contributed by atoms with Crippen LogP contribution in [0.2, 0.25) is 5.15 Å². The van der Waals surface area contributed by atoms with E-state index >= 15 is 0 Å². The second-order valence-electron chi connectivity index (χ2n) is 4.12. The van der Waals surface area contributed by atoms with E-state index in [1.165, 1.54) is 13.0 Å². The first kappa shape index (κ1) is 9.36. The number of piperidine rings is 1. The molecule has 1 aromatic rings. The van der Waals surface area contributed by atoms with Crippen molar-refractivity contribution in [2.45, 2.75) is 12.5 Å². The van der Waals surface area contributed by atoms with E-state index < -0.39 is 0 Å². The third kappa shape index (κ3) is 1.68. The number of rotatable bonds is 2. The van der Waals surface area contributed by atoms with Crippen molar-refractivity contribution in [2.75, 3.05) is 19.6 Å². The van der Waals surface area contributed by atoms with E-state index in [2.05, 4.69) is 14.9 Å². The van der Waals surface area contributed by atoms with Crippen LogP contribution in [-0.2, 0) is 0 Å². The lowest BCUT2D eigenvalue weighted by Gasteiger charge is -2.22. The molecular formula is C10H12ClN3O. The van der Waals surface area contributed by atoms with Crippen LogP contribution in [0.5, 0.6) is 5.88 Å². The summed E-state index contributed by atoms with van der Waals surface area (Å²) in [6, 6.07) is 0. The Hall–Kier alpha value is -0.870. The molecule has 0 aliphatic carbocycles. The lowest BCUT2D eigenvalue weighted by molar-refractivity contribution is 0.135. The standard InChI is InChI=1S/C10H12ClN3O/c11-9-10(13-3-2-12-9)15-8-6-14-4-1-7(8)5-14/h2-3,7-8H,1,4-6H2. The second kappa shape index (κ2) is 3.61. The first-order valence-corrected chi connectivity index (χ1v) is 5.56. The third-order valence-corrected chi connectivity index (χ3v) is 3.42. The maximum absolute atomic E-state index is 5.89. The number of aromatic nitrogens is 2. The van der Waals surface area contributed by atoms with Gasteiger partial charge in [-0.15, -0.1) is 0 Å². The zero-order chi connectivity index (χ0) is 10.3. The van der Waals surface area contributed by atoms with Gasteiger partial charge in [0.15, 0.2) is 5.15 Å². The van der Waals surface area contributed by atoms with Crippen LogP contribution in [0.3, 0.4) is 0 Å². The van der Waals surface area contributed by atoms with Gasteiger partial charge in [-0.3, -0.25) is 4.90 Å². The van der Waals surface area contributed by atoms with E-state index in [1.54, 1.807) is 12.4 Å². The van der Waals surface area contributed by atoms with Crippen LogP contribution in [0, 0.1) is 5.92 Å². The van der Waals surface area contributed by atoms with Gasteiger partial charge in [-0.1, -0.05) is 11.6 Å². The number of hydrogen-bond donors (Lipinski definition) is 0. The highest BCUT2D eigenvalue weighted by Gasteiger charge is 2.39. The minimum Gasteiger partial charge on any atom is -0.470 e. The summed E-state index contributed by atoms with van der Waals surface area (Å²) in [5.41, 5.74) is 0. The molecule has 0 spiro atoms. The fourth-order valence-corrected chi connectivity index (χ4v) is 2.55.